The number of hydrogen-bond donors (Lipinski definition) is 1. The maximum absolute atomic E-state index is 9.54. The van der Waals surface area contributed by atoms with E-state index in [2.05, 4.69) is 16.5 Å². The number of rotatable bonds is 1. The molecule has 0 spiro atoms. The molecule has 1 aliphatic heterocycles. The van der Waals surface area contributed by atoms with Crippen LogP contribution in [0.5, 0.6) is 5.75 Å². The van der Waals surface area contributed by atoms with Crippen molar-refractivity contribution >= 4 is 0 Å². The first-order chi connectivity index (χ1) is 8.25. The van der Waals surface area contributed by atoms with Crippen LogP contribution in [0.4, 0.5) is 0 Å². The van der Waals surface area contributed by atoms with Crippen molar-refractivity contribution in [2.24, 2.45) is 0 Å². The van der Waals surface area contributed by atoms with Crippen molar-refractivity contribution in [1.29, 1.82) is 0 Å². The number of fused-ring (bicyclic) bond motifs is 1. The average molecular weight is 228 g/mol. The fourth-order valence-corrected chi connectivity index (χ4v) is 2.64. The Labute approximate surface area is 101 Å². The Bertz CT molecular complexity index is 545. The molecule has 1 aromatic carbocycles. The number of aryl methyl sites for hydroxylation is 1. The van der Waals surface area contributed by atoms with E-state index in [0.29, 0.717) is 11.8 Å². The van der Waals surface area contributed by atoms with E-state index in [1.165, 1.54) is 18.5 Å². The van der Waals surface area contributed by atoms with Gasteiger partial charge in [0.15, 0.2) is 0 Å². The summed E-state index contributed by atoms with van der Waals surface area (Å²) in [7, 11) is 0. The molecule has 3 rings (SSSR count). The molecule has 0 radical (unpaired) electrons. The van der Waals surface area contributed by atoms with Gasteiger partial charge in [-0.1, -0.05) is 12.1 Å². The molecular weight excluding hydrogens is 212 g/mol. The minimum absolute atomic E-state index is 0.295. The number of phenols is 1. The van der Waals surface area contributed by atoms with Crippen LogP contribution in [0.3, 0.4) is 0 Å². The fourth-order valence-electron chi connectivity index (χ4n) is 2.64. The number of nitrogens with zero attached hydrogens (tertiary/aromatic N) is 2. The zero-order chi connectivity index (χ0) is 11.8. The molecule has 0 saturated heterocycles. The Kier molecular flexibility index (Phi) is 2.39. The summed E-state index contributed by atoms with van der Waals surface area (Å²) < 4.78 is 2.30. The molecule has 3 heteroatoms. The molecule has 0 fully saturated rings. The predicted octanol–water partition coefficient (Wildman–Crippen LogP) is 3.15. The lowest BCUT2D eigenvalue weighted by Crippen LogP contribution is -2.15. The number of phenolic OH excluding ortho intramolecular Hbond substituents is 1. The largest absolute Gasteiger partial charge is 0.508 e. The first kappa shape index (κ1) is 10.4. The van der Waals surface area contributed by atoms with Gasteiger partial charge in [0, 0.05) is 23.5 Å². The standard InChI is InChI=1S/C14H16N2O/c1-10-4-2-6-12-9-15-14(16(10)12)11-5-3-7-13(17)8-11/h3,5,7-10,17H,2,4,6H2,1H3. The normalized spacial score (nSPS) is 19.0. The Hall–Kier alpha value is -1.77. The van der Waals surface area contributed by atoms with Gasteiger partial charge in [-0.05, 0) is 38.3 Å². The SMILES string of the molecule is CC1CCCc2cnc(-c3cccc(O)c3)n21. The topological polar surface area (TPSA) is 38.1 Å². The molecule has 17 heavy (non-hydrogen) atoms. The third-order valence-electron chi connectivity index (χ3n) is 3.47. The lowest BCUT2D eigenvalue weighted by atomic mass is 10.0. The van der Waals surface area contributed by atoms with Crippen molar-refractivity contribution < 1.29 is 5.11 Å². The molecule has 3 nitrogen and oxygen atoms in total. The van der Waals surface area contributed by atoms with Gasteiger partial charge in [0.05, 0.1) is 0 Å². The van der Waals surface area contributed by atoms with Gasteiger partial charge in [-0.2, -0.15) is 0 Å². The molecule has 0 bridgehead atoms. The van der Waals surface area contributed by atoms with Crippen LogP contribution < -0.4 is 0 Å². The van der Waals surface area contributed by atoms with E-state index in [1.807, 2.05) is 18.3 Å². The molecule has 1 unspecified atom stereocenters. The first-order valence-corrected chi connectivity index (χ1v) is 6.11. The van der Waals surface area contributed by atoms with E-state index < -0.39 is 0 Å². The van der Waals surface area contributed by atoms with E-state index in [1.54, 1.807) is 12.1 Å². The summed E-state index contributed by atoms with van der Waals surface area (Å²) in [4.78, 5) is 4.51. The van der Waals surface area contributed by atoms with Crippen LogP contribution in [0, 0.1) is 0 Å². The fraction of sp³-hybridized carbons (Fsp3) is 0.357. The minimum atomic E-state index is 0.295. The van der Waals surface area contributed by atoms with Crippen molar-refractivity contribution in [2.75, 3.05) is 0 Å². The van der Waals surface area contributed by atoms with Crippen LogP contribution in [-0.2, 0) is 6.42 Å². The number of benzene rings is 1. The first-order valence-electron chi connectivity index (χ1n) is 6.11. The second kappa shape index (κ2) is 3.91. The Morgan fingerprint density at radius 1 is 1.41 bits per heavy atom. The smallest absolute Gasteiger partial charge is 0.140 e. The van der Waals surface area contributed by atoms with Crippen LogP contribution in [0.1, 0.15) is 31.5 Å². The summed E-state index contributed by atoms with van der Waals surface area (Å²) in [6.45, 7) is 2.23. The van der Waals surface area contributed by atoms with Crippen molar-refractivity contribution in [1.82, 2.24) is 9.55 Å². The van der Waals surface area contributed by atoms with Gasteiger partial charge in [-0.3, -0.25) is 0 Å². The highest BCUT2D eigenvalue weighted by Crippen LogP contribution is 2.31. The number of hydrogen-bond acceptors (Lipinski definition) is 2. The molecule has 1 aliphatic rings. The number of aromatic hydroxyl groups is 1. The van der Waals surface area contributed by atoms with Crippen molar-refractivity contribution in [3.63, 3.8) is 0 Å². The number of imidazole rings is 1. The predicted molar refractivity (Wildman–Crippen MR) is 67.0 cm³/mol. The third kappa shape index (κ3) is 1.71. The maximum atomic E-state index is 9.54. The summed E-state index contributed by atoms with van der Waals surface area (Å²) in [6.07, 6.45) is 5.52. The summed E-state index contributed by atoms with van der Waals surface area (Å²) in [5.41, 5.74) is 2.30. The van der Waals surface area contributed by atoms with Gasteiger partial charge in [-0.25, -0.2) is 4.98 Å². The third-order valence-corrected chi connectivity index (χ3v) is 3.47. The number of aromatic nitrogens is 2. The lowest BCUT2D eigenvalue weighted by Gasteiger charge is -2.24. The molecule has 1 aromatic heterocycles. The highest BCUT2D eigenvalue weighted by molar-refractivity contribution is 5.58. The Balaban J connectivity index is 2.13. The summed E-state index contributed by atoms with van der Waals surface area (Å²) in [5.74, 6) is 1.27. The van der Waals surface area contributed by atoms with E-state index in [4.69, 9.17) is 0 Å². The zero-order valence-electron chi connectivity index (χ0n) is 9.93. The van der Waals surface area contributed by atoms with Crippen molar-refractivity contribution in [3.05, 3.63) is 36.2 Å². The van der Waals surface area contributed by atoms with Crippen molar-refractivity contribution in [3.8, 4) is 17.1 Å². The van der Waals surface area contributed by atoms with Crippen LogP contribution in [-0.4, -0.2) is 14.7 Å². The second-order valence-electron chi connectivity index (χ2n) is 4.73. The molecule has 2 aromatic rings. The summed E-state index contributed by atoms with van der Waals surface area (Å²) >= 11 is 0. The summed E-state index contributed by atoms with van der Waals surface area (Å²) in [6, 6.07) is 7.82. The molecule has 1 atom stereocenters. The molecule has 2 heterocycles. The second-order valence-corrected chi connectivity index (χ2v) is 4.73. The molecule has 0 aliphatic carbocycles. The van der Waals surface area contributed by atoms with Gasteiger partial charge < -0.3 is 9.67 Å². The van der Waals surface area contributed by atoms with Crippen LogP contribution >= 0.6 is 0 Å². The van der Waals surface area contributed by atoms with Crippen LogP contribution in [0.15, 0.2) is 30.5 Å². The van der Waals surface area contributed by atoms with Crippen LogP contribution in [0.2, 0.25) is 0 Å². The van der Waals surface area contributed by atoms with Crippen LogP contribution in [0.25, 0.3) is 11.4 Å². The van der Waals surface area contributed by atoms with E-state index in [9.17, 15) is 5.11 Å². The molecular formula is C14H16N2O. The summed E-state index contributed by atoms with van der Waals surface area (Å²) in [5, 5.41) is 9.54. The highest BCUT2D eigenvalue weighted by Gasteiger charge is 2.20. The quantitative estimate of drug-likeness (QED) is 0.814. The van der Waals surface area contributed by atoms with Gasteiger partial charge in [0.2, 0.25) is 0 Å². The average Bonchev–Trinajstić information content (AvgIpc) is 2.74. The van der Waals surface area contributed by atoms with Gasteiger partial charge in [-0.15, -0.1) is 0 Å². The lowest BCUT2D eigenvalue weighted by molar-refractivity contribution is 0.435. The molecule has 0 amide bonds. The van der Waals surface area contributed by atoms with Gasteiger partial charge in [0.25, 0.3) is 0 Å². The van der Waals surface area contributed by atoms with Gasteiger partial charge in [0.1, 0.15) is 11.6 Å². The van der Waals surface area contributed by atoms with E-state index >= 15 is 0 Å². The molecule has 88 valence electrons. The molecule has 1 N–H and O–H groups in total. The Morgan fingerprint density at radius 2 is 2.29 bits per heavy atom. The molecule has 0 saturated carbocycles. The Morgan fingerprint density at radius 3 is 3.12 bits per heavy atom. The zero-order valence-corrected chi connectivity index (χ0v) is 9.93. The highest BCUT2D eigenvalue weighted by atomic mass is 16.3. The minimum Gasteiger partial charge on any atom is -0.508 e. The van der Waals surface area contributed by atoms with E-state index in [0.717, 1.165) is 17.8 Å². The monoisotopic (exact) mass is 228 g/mol. The van der Waals surface area contributed by atoms with E-state index in [-0.39, 0.29) is 0 Å². The van der Waals surface area contributed by atoms with Gasteiger partial charge >= 0.3 is 0 Å². The maximum Gasteiger partial charge on any atom is 0.140 e. The van der Waals surface area contributed by atoms with Crippen molar-refractivity contribution in [2.45, 2.75) is 32.2 Å².